The summed E-state index contributed by atoms with van der Waals surface area (Å²) in [6, 6.07) is 14.4. The smallest absolute Gasteiger partial charge is 0.284 e. The maximum absolute atomic E-state index is 14.0. The number of nitrogens with zero attached hydrogens (tertiary/aromatic N) is 4. The molecule has 30 heavy (non-hydrogen) atoms. The monoisotopic (exact) mass is 475 g/mol. The molecule has 156 valence electrons. The summed E-state index contributed by atoms with van der Waals surface area (Å²) < 4.78 is 28.9. The van der Waals surface area contributed by atoms with Crippen LogP contribution in [0, 0.1) is 0 Å². The van der Waals surface area contributed by atoms with E-state index in [1.165, 1.54) is 9.80 Å². The molecule has 1 unspecified atom stereocenters. The van der Waals surface area contributed by atoms with E-state index in [2.05, 4.69) is 25.9 Å². The fourth-order valence-corrected chi connectivity index (χ4v) is 4.19. The van der Waals surface area contributed by atoms with Crippen molar-refractivity contribution < 1.29 is 13.6 Å². The topological polar surface area (TPSA) is 74.3 Å². The summed E-state index contributed by atoms with van der Waals surface area (Å²) in [6.45, 7) is -1.21. The Morgan fingerprint density at radius 1 is 1.17 bits per heavy atom. The van der Waals surface area contributed by atoms with E-state index in [1.54, 1.807) is 38.4 Å². The largest absolute Gasteiger partial charge is 0.369 e. The summed E-state index contributed by atoms with van der Waals surface area (Å²) in [4.78, 5) is 23.9. The second kappa shape index (κ2) is 7.16. The van der Waals surface area contributed by atoms with Gasteiger partial charge in [-0.2, -0.15) is 0 Å². The number of alkyl halides is 2. The van der Waals surface area contributed by atoms with Gasteiger partial charge in [0.2, 0.25) is 0 Å². The molecule has 6 nitrogen and oxygen atoms in total. The van der Waals surface area contributed by atoms with Gasteiger partial charge in [-0.1, -0.05) is 40.2 Å². The number of carbonyl (C=O) groups excluding carboxylic acids is 1. The van der Waals surface area contributed by atoms with E-state index in [4.69, 9.17) is 5.73 Å². The lowest BCUT2D eigenvalue weighted by Gasteiger charge is -2.35. The second-order valence-corrected chi connectivity index (χ2v) is 8.47. The molecule has 2 heterocycles. The predicted molar refractivity (Wildman–Crippen MR) is 115 cm³/mol. The van der Waals surface area contributed by atoms with Crippen LogP contribution >= 0.6 is 15.9 Å². The zero-order valence-electron chi connectivity index (χ0n) is 16.4. The number of rotatable bonds is 3. The Hall–Kier alpha value is -2.81. The molecule has 2 aliphatic heterocycles. The predicted octanol–water partition coefficient (Wildman–Crippen LogP) is 3.07. The molecule has 0 saturated carbocycles. The van der Waals surface area contributed by atoms with Crippen LogP contribution in [0.15, 0.2) is 63.0 Å². The molecule has 2 N–H and O–H groups in total. The van der Waals surface area contributed by atoms with Crippen molar-refractivity contribution in [2.75, 3.05) is 27.2 Å². The Kier molecular flexibility index (Phi) is 4.88. The number of benzene rings is 2. The highest BCUT2D eigenvalue weighted by molar-refractivity contribution is 9.10. The van der Waals surface area contributed by atoms with E-state index >= 15 is 0 Å². The van der Waals surface area contributed by atoms with Crippen LogP contribution in [-0.4, -0.2) is 60.6 Å². The summed E-state index contributed by atoms with van der Waals surface area (Å²) in [6.07, 6.45) is 0. The average molecular weight is 476 g/mol. The van der Waals surface area contributed by atoms with Crippen molar-refractivity contribution in [1.29, 1.82) is 0 Å². The molecule has 2 aromatic rings. The Morgan fingerprint density at radius 3 is 2.50 bits per heavy atom. The molecule has 4 rings (SSSR count). The number of halogens is 3. The first-order valence-corrected chi connectivity index (χ1v) is 10.1. The molecule has 0 spiro atoms. The van der Waals surface area contributed by atoms with E-state index in [0.717, 1.165) is 10.0 Å². The van der Waals surface area contributed by atoms with Crippen LogP contribution < -0.4 is 5.73 Å². The minimum atomic E-state index is -2.99. The first kappa shape index (κ1) is 20.5. The highest BCUT2D eigenvalue weighted by atomic mass is 79.9. The van der Waals surface area contributed by atoms with E-state index in [0.29, 0.717) is 17.0 Å². The standard InChI is InChI=1S/C21H20BrF2N5O/c1-28(2)17(30)13-6-8-14(9-7-13)21(15-4-3-5-16(22)10-15)18-26-11-20(23,24)12-29(18)19(25)27-21/h3-10H,11-12H2,1-2H3,(H2,25,27). The number of hydrogen-bond acceptors (Lipinski definition) is 5. The van der Waals surface area contributed by atoms with Gasteiger partial charge < -0.3 is 10.6 Å². The Bertz CT molecular complexity index is 1070. The number of amidine groups is 1. The molecule has 0 aromatic heterocycles. The quantitative estimate of drug-likeness (QED) is 0.740. The SMILES string of the molecule is CN(C)C(=O)c1ccc(C2(c3cccc(Br)c3)N=C(N)N3CC(F)(F)CN=C32)cc1. The van der Waals surface area contributed by atoms with Crippen molar-refractivity contribution >= 4 is 33.6 Å². The number of nitrogens with two attached hydrogens (primary N) is 1. The third-order valence-corrected chi connectivity index (χ3v) is 5.68. The average Bonchev–Trinajstić information content (AvgIpc) is 2.99. The van der Waals surface area contributed by atoms with Crippen LogP contribution in [0.3, 0.4) is 0 Å². The maximum atomic E-state index is 14.0. The lowest BCUT2D eigenvalue weighted by Crippen LogP contribution is -2.53. The van der Waals surface area contributed by atoms with E-state index < -0.39 is 24.6 Å². The van der Waals surface area contributed by atoms with Gasteiger partial charge in [0.15, 0.2) is 11.5 Å². The van der Waals surface area contributed by atoms with Crippen LogP contribution in [0.2, 0.25) is 0 Å². The number of aliphatic imine (C=N–C) groups is 2. The van der Waals surface area contributed by atoms with Crippen LogP contribution in [-0.2, 0) is 5.54 Å². The van der Waals surface area contributed by atoms with Gasteiger partial charge in [-0.25, -0.2) is 13.8 Å². The third-order valence-electron chi connectivity index (χ3n) is 5.19. The number of fused-ring (bicyclic) bond motifs is 1. The molecule has 1 amide bonds. The second-order valence-electron chi connectivity index (χ2n) is 7.55. The zero-order chi connectivity index (χ0) is 21.7. The first-order valence-electron chi connectivity index (χ1n) is 9.28. The number of carbonyl (C=O) groups is 1. The highest BCUT2D eigenvalue weighted by Gasteiger charge is 2.53. The number of amides is 1. The van der Waals surface area contributed by atoms with Crippen molar-refractivity contribution in [2.24, 2.45) is 15.7 Å². The maximum Gasteiger partial charge on any atom is 0.284 e. The minimum Gasteiger partial charge on any atom is -0.369 e. The minimum absolute atomic E-state index is 0.0125. The van der Waals surface area contributed by atoms with E-state index in [9.17, 15) is 13.6 Å². The molecule has 0 radical (unpaired) electrons. The summed E-state index contributed by atoms with van der Waals surface area (Å²) in [5.41, 5.74) is 6.86. The van der Waals surface area contributed by atoms with E-state index in [1.807, 2.05) is 24.3 Å². The Labute approximate surface area is 181 Å². The van der Waals surface area contributed by atoms with Crippen molar-refractivity contribution in [3.05, 3.63) is 69.7 Å². The fourth-order valence-electron chi connectivity index (χ4n) is 3.79. The highest BCUT2D eigenvalue weighted by Crippen LogP contribution is 2.43. The van der Waals surface area contributed by atoms with Gasteiger partial charge in [-0.05, 0) is 35.4 Å². The fraction of sp³-hybridized carbons (Fsp3) is 0.286. The first-order chi connectivity index (χ1) is 14.1. The van der Waals surface area contributed by atoms with Crippen LogP contribution in [0.5, 0.6) is 0 Å². The molecule has 9 heteroatoms. The molecular weight excluding hydrogens is 456 g/mol. The number of hydrogen-bond donors (Lipinski definition) is 1. The third kappa shape index (κ3) is 3.27. The van der Waals surface area contributed by atoms with Gasteiger partial charge in [-0.15, -0.1) is 0 Å². The van der Waals surface area contributed by atoms with Gasteiger partial charge in [0, 0.05) is 24.1 Å². The Morgan fingerprint density at radius 2 is 1.87 bits per heavy atom. The molecule has 2 aliphatic rings. The van der Waals surface area contributed by atoms with Crippen LogP contribution in [0.1, 0.15) is 21.5 Å². The normalized spacial score (nSPS) is 22.2. The van der Waals surface area contributed by atoms with Crippen molar-refractivity contribution in [3.8, 4) is 0 Å². The summed E-state index contributed by atoms with van der Waals surface area (Å²) in [5.74, 6) is -2.78. The lowest BCUT2D eigenvalue weighted by molar-refractivity contribution is -0.00437. The van der Waals surface area contributed by atoms with Crippen molar-refractivity contribution in [3.63, 3.8) is 0 Å². The number of guanidine groups is 1. The van der Waals surface area contributed by atoms with Gasteiger partial charge in [0.1, 0.15) is 12.4 Å². The summed E-state index contributed by atoms with van der Waals surface area (Å²) in [5, 5.41) is 0. The van der Waals surface area contributed by atoms with Crippen LogP contribution in [0.4, 0.5) is 8.78 Å². The summed E-state index contributed by atoms with van der Waals surface area (Å²) >= 11 is 3.47. The summed E-state index contributed by atoms with van der Waals surface area (Å²) in [7, 11) is 3.35. The van der Waals surface area contributed by atoms with Gasteiger partial charge >= 0.3 is 0 Å². The van der Waals surface area contributed by atoms with Gasteiger partial charge in [-0.3, -0.25) is 14.7 Å². The molecular formula is C21H20BrF2N5O. The van der Waals surface area contributed by atoms with Crippen LogP contribution in [0.25, 0.3) is 0 Å². The van der Waals surface area contributed by atoms with E-state index in [-0.39, 0.29) is 11.9 Å². The molecule has 0 bridgehead atoms. The van der Waals surface area contributed by atoms with Gasteiger partial charge in [0.05, 0.1) is 6.54 Å². The van der Waals surface area contributed by atoms with Crippen molar-refractivity contribution in [2.45, 2.75) is 11.5 Å². The molecule has 1 atom stereocenters. The zero-order valence-corrected chi connectivity index (χ0v) is 18.0. The van der Waals surface area contributed by atoms with Gasteiger partial charge in [0.25, 0.3) is 11.8 Å². The molecule has 0 saturated heterocycles. The molecule has 2 aromatic carbocycles. The molecule has 0 aliphatic carbocycles. The Balaban J connectivity index is 1.91. The van der Waals surface area contributed by atoms with Crippen molar-refractivity contribution in [1.82, 2.24) is 9.80 Å². The lowest BCUT2D eigenvalue weighted by atomic mass is 9.81. The molecule has 0 fully saturated rings.